The molecule has 8 heteroatoms. The predicted molar refractivity (Wildman–Crippen MR) is 66.9 cm³/mol. The van der Waals surface area contributed by atoms with Crippen LogP contribution in [0, 0.1) is 10.4 Å². The van der Waals surface area contributed by atoms with Gasteiger partial charge in [0, 0.05) is 6.07 Å². The predicted octanol–water partition coefficient (Wildman–Crippen LogP) is -0.605. The number of hydrogen-bond donors (Lipinski definition) is 1. The minimum Gasteiger partial charge on any atom is -0.621 e. The highest BCUT2D eigenvalue weighted by Gasteiger charge is 2.44. The smallest absolute Gasteiger partial charge is 0.423 e. The van der Waals surface area contributed by atoms with Crippen LogP contribution < -0.4 is 9.80 Å². The number of amides is 1. The summed E-state index contributed by atoms with van der Waals surface area (Å²) in [5, 5.41) is 23.0. The van der Waals surface area contributed by atoms with Crippen molar-refractivity contribution < 1.29 is 28.9 Å². The first-order valence-electron chi connectivity index (χ1n) is 5.79. The molecule has 1 heterocycles. The molecular formula is C12H12N2O6. The van der Waals surface area contributed by atoms with Gasteiger partial charge in [0.25, 0.3) is 5.69 Å². The maximum Gasteiger partial charge on any atom is 0.423 e. The van der Waals surface area contributed by atoms with E-state index in [1.54, 1.807) is 6.92 Å². The highest BCUT2D eigenvalue weighted by Crippen LogP contribution is 2.28. The van der Waals surface area contributed by atoms with E-state index < -0.39 is 22.7 Å². The van der Waals surface area contributed by atoms with E-state index in [4.69, 9.17) is 4.74 Å². The normalized spacial score (nSPS) is 17.8. The van der Waals surface area contributed by atoms with E-state index in [1.165, 1.54) is 18.2 Å². The third-order valence-corrected chi connectivity index (χ3v) is 2.75. The number of fused-ring (bicyclic) bond motifs is 1. The van der Waals surface area contributed by atoms with E-state index >= 15 is 0 Å². The molecule has 1 atom stereocenters. The standard InChI is InChI=1S/C12H12N2O6/c1-3-20-7-4-5-8-9(6-7)13(17)10(12(16)19-2)11(15)14(8)18/h4-6,14H,3H2,1-2H3. The van der Waals surface area contributed by atoms with Crippen LogP contribution in [-0.4, -0.2) is 36.0 Å². The Hall–Kier alpha value is -2.45. The van der Waals surface area contributed by atoms with Gasteiger partial charge in [-0.1, -0.05) is 0 Å². The maximum absolute atomic E-state index is 12.1. The fraction of sp³-hybridized carbons (Fsp3) is 0.250. The number of methoxy groups -OCH3 is 1. The molecule has 0 aliphatic carbocycles. The zero-order chi connectivity index (χ0) is 14.9. The third kappa shape index (κ3) is 2.10. The number of ether oxygens (including phenoxy) is 2. The summed E-state index contributed by atoms with van der Waals surface area (Å²) < 4.78 is 9.67. The molecule has 0 aromatic heterocycles. The number of nitrogens with one attached hydrogen (secondary N) is 1. The monoisotopic (exact) mass is 280 g/mol. The van der Waals surface area contributed by atoms with Crippen LogP contribution in [0.25, 0.3) is 0 Å². The Bertz CT molecular complexity index is 610. The molecule has 20 heavy (non-hydrogen) atoms. The van der Waals surface area contributed by atoms with Gasteiger partial charge < -0.3 is 19.9 Å². The second kappa shape index (κ2) is 5.27. The van der Waals surface area contributed by atoms with Gasteiger partial charge in [0.15, 0.2) is 0 Å². The zero-order valence-corrected chi connectivity index (χ0v) is 10.8. The quantitative estimate of drug-likeness (QED) is 0.450. The lowest BCUT2D eigenvalue weighted by Gasteiger charge is -2.24. The Morgan fingerprint density at radius 2 is 2.15 bits per heavy atom. The van der Waals surface area contributed by atoms with Gasteiger partial charge in [-0.3, -0.25) is 5.06 Å². The van der Waals surface area contributed by atoms with E-state index in [2.05, 4.69) is 4.74 Å². The van der Waals surface area contributed by atoms with Crippen LogP contribution in [0.1, 0.15) is 6.92 Å². The van der Waals surface area contributed by atoms with E-state index in [0.29, 0.717) is 12.4 Å². The second-order valence-corrected chi connectivity index (χ2v) is 3.90. The lowest BCUT2D eigenvalue weighted by molar-refractivity contribution is -0.691. The Balaban J connectivity index is 2.62. The first-order valence-corrected chi connectivity index (χ1v) is 5.79. The van der Waals surface area contributed by atoms with Gasteiger partial charge in [0.05, 0.1) is 19.8 Å². The molecule has 0 saturated carbocycles. The number of rotatable bonds is 3. The van der Waals surface area contributed by atoms with Crippen LogP contribution in [0.3, 0.4) is 0 Å². The van der Waals surface area contributed by atoms with Crippen molar-refractivity contribution in [1.82, 2.24) is 0 Å². The van der Waals surface area contributed by atoms with Crippen molar-refractivity contribution in [2.75, 3.05) is 13.7 Å². The van der Waals surface area contributed by atoms with E-state index in [0.717, 1.165) is 7.11 Å². The number of carbonyl (C=O) groups is 2. The Kier molecular flexibility index (Phi) is 3.68. The molecule has 2 rings (SSSR count). The molecule has 1 aromatic rings. The van der Waals surface area contributed by atoms with Gasteiger partial charge in [-0.2, -0.15) is 0 Å². The molecule has 1 amide bonds. The molecule has 1 unspecified atom stereocenters. The van der Waals surface area contributed by atoms with Crippen molar-refractivity contribution in [3.63, 3.8) is 0 Å². The van der Waals surface area contributed by atoms with Crippen molar-refractivity contribution in [2.24, 2.45) is 0 Å². The van der Waals surface area contributed by atoms with Crippen molar-refractivity contribution in [2.45, 2.75) is 6.92 Å². The molecule has 0 spiro atoms. The molecule has 1 aliphatic heterocycles. The average Bonchev–Trinajstić information content (AvgIpc) is 2.45. The second-order valence-electron chi connectivity index (χ2n) is 3.90. The number of hydroxylamine groups is 1. The SMILES string of the molecule is CCOc1ccc2c(c1)[N+]([O-])=C(C(=O)OC)C(=O)[NH+]2[O-]. The van der Waals surface area contributed by atoms with Gasteiger partial charge in [0.1, 0.15) is 5.75 Å². The topological polar surface area (TPSA) is 106 Å². The van der Waals surface area contributed by atoms with Gasteiger partial charge in [-0.15, -0.1) is 4.74 Å². The summed E-state index contributed by atoms with van der Waals surface area (Å²) in [4.78, 5) is 23.2. The van der Waals surface area contributed by atoms with Crippen molar-refractivity contribution >= 4 is 29.0 Å². The highest BCUT2D eigenvalue weighted by atomic mass is 16.5. The van der Waals surface area contributed by atoms with Crippen molar-refractivity contribution in [3.05, 3.63) is 28.6 Å². The molecular weight excluding hydrogens is 268 g/mol. The zero-order valence-electron chi connectivity index (χ0n) is 10.8. The molecule has 0 fully saturated rings. The molecule has 0 radical (unpaired) electrons. The van der Waals surface area contributed by atoms with Crippen molar-refractivity contribution in [3.8, 4) is 5.75 Å². The first kappa shape index (κ1) is 14.0. The van der Waals surface area contributed by atoms with E-state index in [-0.39, 0.29) is 16.1 Å². The van der Waals surface area contributed by atoms with E-state index in [9.17, 15) is 20.0 Å². The summed E-state index contributed by atoms with van der Waals surface area (Å²) in [5.41, 5.74) is -1.03. The maximum atomic E-state index is 12.1. The van der Waals surface area contributed by atoms with E-state index in [1.807, 2.05) is 0 Å². The van der Waals surface area contributed by atoms with Crippen LogP contribution in [0.5, 0.6) is 5.75 Å². The van der Waals surface area contributed by atoms with Gasteiger partial charge in [-0.25, -0.2) is 9.59 Å². The molecule has 0 bridgehead atoms. The molecule has 1 N–H and O–H groups in total. The van der Waals surface area contributed by atoms with Crippen molar-refractivity contribution in [1.29, 1.82) is 0 Å². The van der Waals surface area contributed by atoms with Gasteiger partial charge in [-0.05, 0) is 13.0 Å². The fourth-order valence-electron chi connectivity index (χ4n) is 1.84. The largest absolute Gasteiger partial charge is 0.621 e. The first-order chi connectivity index (χ1) is 9.51. The number of quaternary nitrogens is 1. The average molecular weight is 280 g/mol. The summed E-state index contributed by atoms with van der Waals surface area (Å²) in [5.74, 6) is -1.97. The lowest BCUT2D eigenvalue weighted by atomic mass is 10.2. The number of nitrogens with zero attached hydrogens (tertiary/aromatic N) is 1. The third-order valence-electron chi connectivity index (χ3n) is 2.75. The summed E-state index contributed by atoms with van der Waals surface area (Å²) in [6.07, 6.45) is 0. The van der Waals surface area contributed by atoms with Crippen LogP contribution >= 0.6 is 0 Å². The molecule has 106 valence electrons. The lowest BCUT2D eigenvalue weighted by Crippen LogP contribution is -3.07. The minimum atomic E-state index is -1.18. The van der Waals surface area contributed by atoms with Crippen LogP contribution in [0.4, 0.5) is 11.4 Å². The van der Waals surface area contributed by atoms with Crippen LogP contribution in [0.15, 0.2) is 18.2 Å². The molecule has 8 nitrogen and oxygen atoms in total. The highest BCUT2D eigenvalue weighted by molar-refractivity contribution is 6.60. The summed E-state index contributed by atoms with van der Waals surface area (Å²) in [6.45, 7) is 2.13. The Morgan fingerprint density at radius 3 is 2.75 bits per heavy atom. The molecule has 1 aromatic carbocycles. The summed E-state index contributed by atoms with van der Waals surface area (Å²) in [7, 11) is 1.02. The molecule has 1 aliphatic rings. The fourth-order valence-corrected chi connectivity index (χ4v) is 1.84. The number of benzene rings is 1. The van der Waals surface area contributed by atoms with Crippen LogP contribution in [-0.2, 0) is 14.3 Å². The number of hydrogen-bond acceptors (Lipinski definition) is 6. The number of esters is 1. The summed E-state index contributed by atoms with van der Waals surface area (Å²) >= 11 is 0. The molecule has 0 saturated heterocycles. The Labute approximate surface area is 114 Å². The Morgan fingerprint density at radius 1 is 1.45 bits per heavy atom. The van der Waals surface area contributed by atoms with Gasteiger partial charge >= 0.3 is 17.6 Å². The summed E-state index contributed by atoms with van der Waals surface area (Å²) in [6, 6.07) is 4.10. The van der Waals surface area contributed by atoms with Crippen LogP contribution in [0.2, 0.25) is 0 Å². The number of carbonyl (C=O) groups excluding carboxylic acids is 2. The van der Waals surface area contributed by atoms with Gasteiger partial charge in [0.2, 0.25) is 5.69 Å². The minimum absolute atomic E-state index is 0.0684.